The number of hydrogen-bond donors (Lipinski definition) is 2. The van der Waals surface area contributed by atoms with E-state index in [1.807, 2.05) is 6.07 Å². The molecular formula is C12H17FN2. The Morgan fingerprint density at radius 1 is 1.47 bits per heavy atom. The zero-order valence-electron chi connectivity index (χ0n) is 8.75. The van der Waals surface area contributed by atoms with Crippen LogP contribution in [0.4, 0.5) is 4.39 Å². The molecule has 0 bridgehead atoms. The molecule has 1 aromatic rings. The SMILES string of the molecule is NCC(NCC1CC1)c1cccc(F)c1. The van der Waals surface area contributed by atoms with Gasteiger partial charge in [-0.15, -0.1) is 0 Å². The van der Waals surface area contributed by atoms with Crippen molar-refractivity contribution in [3.8, 4) is 0 Å². The number of rotatable bonds is 5. The van der Waals surface area contributed by atoms with Gasteiger partial charge in [-0.05, 0) is 43.0 Å². The first kappa shape index (κ1) is 10.6. The van der Waals surface area contributed by atoms with E-state index < -0.39 is 0 Å². The van der Waals surface area contributed by atoms with Crippen LogP contribution >= 0.6 is 0 Å². The first-order valence-corrected chi connectivity index (χ1v) is 5.48. The summed E-state index contributed by atoms with van der Waals surface area (Å²) in [6.07, 6.45) is 2.63. The predicted octanol–water partition coefficient (Wildman–Crippen LogP) is 1.83. The van der Waals surface area contributed by atoms with E-state index >= 15 is 0 Å². The van der Waals surface area contributed by atoms with Gasteiger partial charge >= 0.3 is 0 Å². The molecule has 3 N–H and O–H groups in total. The van der Waals surface area contributed by atoms with Crippen molar-refractivity contribution in [2.24, 2.45) is 11.7 Å². The van der Waals surface area contributed by atoms with Crippen LogP contribution in [-0.2, 0) is 0 Å². The third-order valence-electron chi connectivity index (χ3n) is 2.84. The smallest absolute Gasteiger partial charge is 0.123 e. The fourth-order valence-corrected chi connectivity index (χ4v) is 1.69. The molecule has 0 amide bonds. The monoisotopic (exact) mass is 208 g/mol. The number of benzene rings is 1. The summed E-state index contributed by atoms with van der Waals surface area (Å²) < 4.78 is 13.0. The van der Waals surface area contributed by atoms with Crippen LogP contribution < -0.4 is 11.1 Å². The standard InChI is InChI=1S/C12H17FN2/c13-11-3-1-2-10(6-11)12(7-14)15-8-9-4-5-9/h1-3,6,9,12,15H,4-5,7-8,14H2. The van der Waals surface area contributed by atoms with Crippen LogP contribution in [0.2, 0.25) is 0 Å². The van der Waals surface area contributed by atoms with Crippen LogP contribution in [0.1, 0.15) is 24.4 Å². The van der Waals surface area contributed by atoms with Crippen LogP contribution in [0.3, 0.4) is 0 Å². The van der Waals surface area contributed by atoms with Crippen molar-refractivity contribution in [2.45, 2.75) is 18.9 Å². The molecule has 1 atom stereocenters. The van der Waals surface area contributed by atoms with Crippen molar-refractivity contribution >= 4 is 0 Å². The molecule has 1 aromatic carbocycles. The fraction of sp³-hybridized carbons (Fsp3) is 0.500. The van der Waals surface area contributed by atoms with Gasteiger partial charge in [0.05, 0.1) is 0 Å². The first-order valence-electron chi connectivity index (χ1n) is 5.48. The topological polar surface area (TPSA) is 38.0 Å². The molecule has 1 fully saturated rings. The van der Waals surface area contributed by atoms with Crippen molar-refractivity contribution in [1.29, 1.82) is 0 Å². The Labute approximate surface area is 89.7 Å². The lowest BCUT2D eigenvalue weighted by atomic mass is 10.1. The van der Waals surface area contributed by atoms with Crippen molar-refractivity contribution in [1.82, 2.24) is 5.32 Å². The maximum absolute atomic E-state index is 13.0. The van der Waals surface area contributed by atoms with Gasteiger partial charge in [0.25, 0.3) is 0 Å². The van der Waals surface area contributed by atoms with Crippen LogP contribution in [0.25, 0.3) is 0 Å². The average Bonchev–Trinajstić information content (AvgIpc) is 3.03. The summed E-state index contributed by atoms with van der Waals surface area (Å²) in [5.41, 5.74) is 6.62. The van der Waals surface area contributed by atoms with Gasteiger partial charge in [0.1, 0.15) is 5.82 Å². The zero-order valence-corrected chi connectivity index (χ0v) is 8.75. The molecule has 0 spiro atoms. The number of nitrogens with one attached hydrogen (secondary N) is 1. The van der Waals surface area contributed by atoms with E-state index in [1.165, 1.54) is 18.9 Å². The minimum atomic E-state index is -0.195. The molecule has 82 valence electrons. The summed E-state index contributed by atoms with van der Waals surface area (Å²) in [4.78, 5) is 0. The lowest BCUT2D eigenvalue weighted by Crippen LogP contribution is -2.29. The summed E-state index contributed by atoms with van der Waals surface area (Å²) in [7, 11) is 0. The molecule has 15 heavy (non-hydrogen) atoms. The molecule has 0 radical (unpaired) electrons. The first-order chi connectivity index (χ1) is 7.29. The second-order valence-corrected chi connectivity index (χ2v) is 4.19. The maximum atomic E-state index is 13.0. The van der Waals surface area contributed by atoms with E-state index in [2.05, 4.69) is 5.32 Å². The van der Waals surface area contributed by atoms with Crippen molar-refractivity contribution in [3.05, 3.63) is 35.6 Å². The summed E-state index contributed by atoms with van der Waals surface area (Å²) in [5.74, 6) is 0.617. The Bertz CT molecular complexity index is 323. The second kappa shape index (κ2) is 4.73. The molecule has 1 aliphatic rings. The lowest BCUT2D eigenvalue weighted by Gasteiger charge is -2.17. The Balaban J connectivity index is 1.97. The molecule has 0 aliphatic heterocycles. The van der Waals surface area contributed by atoms with Gasteiger partial charge in [-0.3, -0.25) is 0 Å². The van der Waals surface area contributed by atoms with Crippen LogP contribution in [0.5, 0.6) is 0 Å². The van der Waals surface area contributed by atoms with E-state index in [0.717, 1.165) is 18.0 Å². The van der Waals surface area contributed by atoms with E-state index in [1.54, 1.807) is 12.1 Å². The van der Waals surface area contributed by atoms with Gasteiger partial charge in [0, 0.05) is 12.6 Å². The Morgan fingerprint density at radius 2 is 2.27 bits per heavy atom. The molecule has 0 heterocycles. The van der Waals surface area contributed by atoms with E-state index in [4.69, 9.17) is 5.73 Å². The van der Waals surface area contributed by atoms with E-state index in [0.29, 0.717) is 6.54 Å². The van der Waals surface area contributed by atoms with Crippen LogP contribution in [0, 0.1) is 11.7 Å². The fourth-order valence-electron chi connectivity index (χ4n) is 1.69. The highest BCUT2D eigenvalue weighted by Gasteiger charge is 2.22. The Hall–Kier alpha value is -0.930. The number of nitrogens with two attached hydrogens (primary N) is 1. The van der Waals surface area contributed by atoms with Crippen molar-refractivity contribution < 1.29 is 4.39 Å². The molecule has 0 saturated heterocycles. The molecule has 2 rings (SSSR count). The molecule has 1 aliphatic carbocycles. The van der Waals surface area contributed by atoms with Crippen molar-refractivity contribution in [3.63, 3.8) is 0 Å². The largest absolute Gasteiger partial charge is 0.329 e. The normalized spacial score (nSPS) is 17.7. The highest BCUT2D eigenvalue weighted by Crippen LogP contribution is 2.28. The Morgan fingerprint density at radius 3 is 2.87 bits per heavy atom. The molecule has 3 heteroatoms. The average molecular weight is 208 g/mol. The molecule has 0 aromatic heterocycles. The molecule has 1 saturated carbocycles. The minimum absolute atomic E-state index is 0.0845. The second-order valence-electron chi connectivity index (χ2n) is 4.19. The Kier molecular flexibility index (Phi) is 3.34. The van der Waals surface area contributed by atoms with Crippen LogP contribution in [-0.4, -0.2) is 13.1 Å². The van der Waals surface area contributed by atoms with Gasteiger partial charge in [-0.2, -0.15) is 0 Å². The van der Waals surface area contributed by atoms with Gasteiger partial charge in [-0.25, -0.2) is 4.39 Å². The highest BCUT2D eigenvalue weighted by atomic mass is 19.1. The quantitative estimate of drug-likeness (QED) is 0.774. The third-order valence-corrected chi connectivity index (χ3v) is 2.84. The van der Waals surface area contributed by atoms with Gasteiger partial charge in [-0.1, -0.05) is 12.1 Å². The predicted molar refractivity (Wildman–Crippen MR) is 58.9 cm³/mol. The van der Waals surface area contributed by atoms with Crippen molar-refractivity contribution in [2.75, 3.05) is 13.1 Å². The number of halogens is 1. The van der Waals surface area contributed by atoms with Gasteiger partial charge in [0.15, 0.2) is 0 Å². The summed E-state index contributed by atoms with van der Waals surface area (Å²) in [6, 6.07) is 6.74. The lowest BCUT2D eigenvalue weighted by molar-refractivity contribution is 0.518. The molecule has 2 nitrogen and oxygen atoms in total. The molecule has 1 unspecified atom stereocenters. The zero-order chi connectivity index (χ0) is 10.7. The summed E-state index contributed by atoms with van der Waals surface area (Å²) in [5, 5.41) is 3.38. The maximum Gasteiger partial charge on any atom is 0.123 e. The summed E-state index contributed by atoms with van der Waals surface area (Å²) in [6.45, 7) is 1.51. The molecular weight excluding hydrogens is 191 g/mol. The third kappa shape index (κ3) is 3.01. The van der Waals surface area contributed by atoms with E-state index in [9.17, 15) is 4.39 Å². The number of hydrogen-bond acceptors (Lipinski definition) is 2. The van der Waals surface area contributed by atoms with Gasteiger partial charge < -0.3 is 11.1 Å². The summed E-state index contributed by atoms with van der Waals surface area (Å²) >= 11 is 0. The highest BCUT2D eigenvalue weighted by molar-refractivity contribution is 5.20. The van der Waals surface area contributed by atoms with Gasteiger partial charge in [0.2, 0.25) is 0 Å². The van der Waals surface area contributed by atoms with Crippen LogP contribution in [0.15, 0.2) is 24.3 Å². The minimum Gasteiger partial charge on any atom is -0.329 e. The van der Waals surface area contributed by atoms with E-state index in [-0.39, 0.29) is 11.9 Å².